The van der Waals surface area contributed by atoms with Gasteiger partial charge in [-0.15, -0.1) is 0 Å². The van der Waals surface area contributed by atoms with Crippen LogP contribution < -0.4 is 5.32 Å². The zero-order valence-corrected chi connectivity index (χ0v) is 13.2. The lowest BCUT2D eigenvalue weighted by atomic mass is 10.0. The van der Waals surface area contributed by atoms with Gasteiger partial charge in [-0.1, -0.05) is 42.0 Å². The summed E-state index contributed by atoms with van der Waals surface area (Å²) in [6.07, 6.45) is 0. The first-order valence-corrected chi connectivity index (χ1v) is 7.38. The molecule has 0 fully saturated rings. The highest BCUT2D eigenvalue weighted by Gasteiger charge is 2.15. The molecule has 2 nitrogen and oxygen atoms in total. The maximum absolute atomic E-state index is 12.4. The van der Waals surface area contributed by atoms with Crippen LogP contribution in [0.3, 0.4) is 0 Å². The smallest absolute Gasteiger partial charge is 0.179 e. The van der Waals surface area contributed by atoms with Gasteiger partial charge < -0.3 is 5.32 Å². The number of carbonyl (C=O) groups excluding carboxylic acids is 1. The number of nitrogens with one attached hydrogen (secondary N) is 1. The highest BCUT2D eigenvalue weighted by atomic mass is 16.1. The Morgan fingerprint density at radius 2 is 1.67 bits per heavy atom. The summed E-state index contributed by atoms with van der Waals surface area (Å²) in [5.74, 6) is 0.144. The van der Waals surface area contributed by atoms with Crippen molar-refractivity contribution in [2.75, 3.05) is 0 Å². The molecule has 1 N–H and O–H groups in total. The SMILES string of the molecule is Cc1ccc(CNC(C)C(=O)c2ccc(C)c(C)c2)cc1. The van der Waals surface area contributed by atoms with Crippen molar-refractivity contribution < 1.29 is 4.79 Å². The van der Waals surface area contributed by atoms with Crippen LogP contribution in [-0.2, 0) is 6.54 Å². The van der Waals surface area contributed by atoms with E-state index in [0.717, 1.165) is 11.1 Å². The van der Waals surface area contributed by atoms with E-state index in [9.17, 15) is 4.79 Å². The third-order valence-electron chi connectivity index (χ3n) is 3.92. The van der Waals surface area contributed by atoms with Crippen LogP contribution in [0.2, 0.25) is 0 Å². The normalized spacial score (nSPS) is 12.2. The van der Waals surface area contributed by atoms with E-state index in [1.54, 1.807) is 0 Å². The molecule has 0 saturated heterocycles. The average Bonchev–Trinajstić information content (AvgIpc) is 2.48. The second kappa shape index (κ2) is 6.68. The summed E-state index contributed by atoms with van der Waals surface area (Å²) >= 11 is 0. The molecule has 0 bridgehead atoms. The fourth-order valence-corrected chi connectivity index (χ4v) is 2.21. The van der Waals surface area contributed by atoms with Gasteiger partial charge in [0.2, 0.25) is 0 Å². The molecule has 2 rings (SSSR count). The lowest BCUT2D eigenvalue weighted by Gasteiger charge is -2.14. The molecule has 21 heavy (non-hydrogen) atoms. The number of benzene rings is 2. The zero-order valence-electron chi connectivity index (χ0n) is 13.2. The van der Waals surface area contributed by atoms with Gasteiger partial charge in [0.05, 0.1) is 6.04 Å². The Labute approximate surface area is 127 Å². The summed E-state index contributed by atoms with van der Waals surface area (Å²) in [4.78, 5) is 12.4. The van der Waals surface area contributed by atoms with Crippen molar-refractivity contribution in [3.8, 4) is 0 Å². The number of ketones is 1. The molecule has 0 aliphatic rings. The molecular weight excluding hydrogens is 258 g/mol. The van der Waals surface area contributed by atoms with E-state index in [-0.39, 0.29) is 11.8 Å². The summed E-state index contributed by atoms with van der Waals surface area (Å²) < 4.78 is 0. The predicted molar refractivity (Wildman–Crippen MR) is 87.7 cm³/mol. The van der Waals surface area contributed by atoms with Crippen molar-refractivity contribution in [2.45, 2.75) is 40.3 Å². The van der Waals surface area contributed by atoms with Crippen LogP contribution in [-0.4, -0.2) is 11.8 Å². The van der Waals surface area contributed by atoms with Gasteiger partial charge in [-0.2, -0.15) is 0 Å². The van der Waals surface area contributed by atoms with E-state index in [0.29, 0.717) is 6.54 Å². The molecule has 0 amide bonds. The third-order valence-corrected chi connectivity index (χ3v) is 3.92. The molecular formula is C19H23NO. The van der Waals surface area contributed by atoms with Crippen LogP contribution in [0.4, 0.5) is 0 Å². The van der Waals surface area contributed by atoms with Crippen LogP contribution in [0.1, 0.15) is 39.5 Å². The fourth-order valence-electron chi connectivity index (χ4n) is 2.21. The lowest BCUT2D eigenvalue weighted by Crippen LogP contribution is -2.33. The first-order chi connectivity index (χ1) is 9.97. The number of Topliss-reactive ketones (excluding diaryl/α,β-unsaturated/α-hetero) is 1. The Morgan fingerprint density at radius 3 is 2.29 bits per heavy atom. The number of hydrogen-bond donors (Lipinski definition) is 1. The van der Waals surface area contributed by atoms with Gasteiger partial charge in [0, 0.05) is 12.1 Å². The average molecular weight is 281 g/mol. The Morgan fingerprint density at radius 1 is 1.00 bits per heavy atom. The molecule has 2 aromatic carbocycles. The van der Waals surface area contributed by atoms with Crippen LogP contribution >= 0.6 is 0 Å². The molecule has 0 radical (unpaired) electrons. The fraction of sp³-hybridized carbons (Fsp3) is 0.316. The largest absolute Gasteiger partial charge is 0.303 e. The van der Waals surface area contributed by atoms with Crippen molar-refractivity contribution in [3.05, 3.63) is 70.3 Å². The van der Waals surface area contributed by atoms with Gasteiger partial charge >= 0.3 is 0 Å². The van der Waals surface area contributed by atoms with E-state index in [2.05, 4.69) is 43.4 Å². The van der Waals surface area contributed by atoms with Crippen molar-refractivity contribution in [3.63, 3.8) is 0 Å². The van der Waals surface area contributed by atoms with Gasteiger partial charge in [-0.25, -0.2) is 0 Å². The van der Waals surface area contributed by atoms with Gasteiger partial charge in [0.1, 0.15) is 0 Å². The molecule has 2 heteroatoms. The third kappa shape index (κ3) is 4.02. The topological polar surface area (TPSA) is 29.1 Å². The summed E-state index contributed by atoms with van der Waals surface area (Å²) in [5.41, 5.74) is 5.60. The maximum atomic E-state index is 12.4. The Bertz CT molecular complexity index is 629. The second-order valence-electron chi connectivity index (χ2n) is 5.75. The van der Waals surface area contributed by atoms with Gasteiger partial charge in [-0.05, 0) is 50.5 Å². The summed E-state index contributed by atoms with van der Waals surface area (Å²) in [6.45, 7) is 8.80. The predicted octanol–water partition coefficient (Wildman–Crippen LogP) is 3.97. The van der Waals surface area contributed by atoms with Crippen molar-refractivity contribution >= 4 is 5.78 Å². The Kier molecular flexibility index (Phi) is 4.92. The van der Waals surface area contributed by atoms with Gasteiger partial charge in [0.25, 0.3) is 0 Å². The Balaban J connectivity index is 1.99. The minimum Gasteiger partial charge on any atom is -0.303 e. The highest BCUT2D eigenvalue weighted by Crippen LogP contribution is 2.12. The van der Waals surface area contributed by atoms with E-state index < -0.39 is 0 Å². The maximum Gasteiger partial charge on any atom is 0.179 e. The monoisotopic (exact) mass is 281 g/mol. The molecule has 0 spiro atoms. The Hall–Kier alpha value is -1.93. The second-order valence-corrected chi connectivity index (χ2v) is 5.75. The number of carbonyl (C=O) groups is 1. The van der Waals surface area contributed by atoms with Gasteiger partial charge in [0.15, 0.2) is 5.78 Å². The van der Waals surface area contributed by atoms with Crippen molar-refractivity contribution in [1.82, 2.24) is 5.32 Å². The van der Waals surface area contributed by atoms with E-state index in [4.69, 9.17) is 0 Å². The lowest BCUT2D eigenvalue weighted by molar-refractivity contribution is 0.0950. The van der Waals surface area contributed by atoms with Crippen LogP contribution in [0.15, 0.2) is 42.5 Å². The molecule has 0 aliphatic heterocycles. The van der Waals surface area contributed by atoms with E-state index in [1.165, 1.54) is 16.7 Å². The molecule has 1 atom stereocenters. The molecule has 1 unspecified atom stereocenters. The molecule has 0 aliphatic carbocycles. The zero-order chi connectivity index (χ0) is 15.4. The van der Waals surface area contributed by atoms with Crippen LogP contribution in [0.5, 0.6) is 0 Å². The summed E-state index contributed by atoms with van der Waals surface area (Å²) in [6, 6.07) is 14.1. The van der Waals surface area contributed by atoms with Crippen molar-refractivity contribution in [2.24, 2.45) is 0 Å². The van der Waals surface area contributed by atoms with Crippen LogP contribution in [0, 0.1) is 20.8 Å². The number of rotatable bonds is 5. The minimum atomic E-state index is -0.187. The highest BCUT2D eigenvalue weighted by molar-refractivity contribution is 6.00. The number of hydrogen-bond acceptors (Lipinski definition) is 2. The van der Waals surface area contributed by atoms with E-state index in [1.807, 2.05) is 32.0 Å². The molecule has 110 valence electrons. The standard InChI is InChI=1S/C19H23NO/c1-13-5-8-17(9-6-13)12-20-16(4)19(21)18-10-7-14(2)15(3)11-18/h5-11,16,20H,12H2,1-4H3. The molecule has 0 heterocycles. The quantitative estimate of drug-likeness (QED) is 0.840. The minimum absolute atomic E-state index is 0.144. The summed E-state index contributed by atoms with van der Waals surface area (Å²) in [5, 5.41) is 3.30. The molecule has 0 saturated carbocycles. The molecule has 0 aromatic heterocycles. The van der Waals surface area contributed by atoms with Crippen LogP contribution in [0.25, 0.3) is 0 Å². The first-order valence-electron chi connectivity index (χ1n) is 7.38. The first kappa shape index (κ1) is 15.5. The number of aryl methyl sites for hydroxylation is 3. The summed E-state index contributed by atoms with van der Waals surface area (Å²) in [7, 11) is 0. The van der Waals surface area contributed by atoms with E-state index >= 15 is 0 Å². The van der Waals surface area contributed by atoms with Crippen molar-refractivity contribution in [1.29, 1.82) is 0 Å². The molecule has 2 aromatic rings. The van der Waals surface area contributed by atoms with Gasteiger partial charge in [-0.3, -0.25) is 4.79 Å².